The van der Waals surface area contributed by atoms with Crippen molar-refractivity contribution >= 4 is 36.4 Å². The van der Waals surface area contributed by atoms with Crippen molar-refractivity contribution in [1.82, 2.24) is 0 Å². The highest BCUT2D eigenvalue weighted by atomic mass is 35.7. The minimum atomic E-state index is -3.99. The molecule has 0 aliphatic carbocycles. The topological polar surface area (TPSA) is 102 Å². The number of benzene rings is 1. The summed E-state index contributed by atoms with van der Waals surface area (Å²) >= 11 is 0. The Hall–Kier alpha value is -1.75. The van der Waals surface area contributed by atoms with Crippen LogP contribution in [0.3, 0.4) is 0 Å². The number of hydrogen-bond acceptors (Lipinski definition) is 4. The predicted octanol–water partition coefficient (Wildman–Crippen LogP) is 2.43. The van der Waals surface area contributed by atoms with E-state index in [1.165, 1.54) is 12.1 Å². The molecule has 1 unspecified atom stereocenters. The number of nitrogens with zero attached hydrogens (tertiary/aromatic N) is 2. The minimum absolute atomic E-state index is 0.0855. The number of diazo groups is 1. The van der Waals surface area contributed by atoms with Gasteiger partial charge >= 0.3 is 5.69 Å². The molecule has 0 radical (unpaired) electrons. The minimum Gasteiger partial charge on any atom is -0.573 e. The molecular weight excluding hydrogens is 268 g/mol. The average molecular weight is 273 g/mol. The molecule has 0 aliphatic heterocycles. The van der Waals surface area contributed by atoms with Gasteiger partial charge in [-0.1, -0.05) is 18.2 Å². The average Bonchev–Trinajstić information content (AvgIpc) is 2.25. The quantitative estimate of drug-likeness (QED) is 0.451. The van der Waals surface area contributed by atoms with Crippen LogP contribution in [0.2, 0.25) is 0 Å². The number of para-hydroxylation sites is 1. The van der Waals surface area contributed by atoms with E-state index in [1.807, 2.05) is 0 Å². The summed E-state index contributed by atoms with van der Waals surface area (Å²) in [6.45, 7) is 0. The summed E-state index contributed by atoms with van der Waals surface area (Å²) in [6.07, 6.45) is 0. The van der Waals surface area contributed by atoms with E-state index in [1.54, 1.807) is 12.1 Å². The smallest absolute Gasteiger partial charge is 0.426 e. The molecule has 6 nitrogen and oxygen atoms in total. The fourth-order valence-electron chi connectivity index (χ4n) is 1.45. The van der Waals surface area contributed by atoms with Crippen LogP contribution in [0, 0.1) is 9.90 Å². The molecule has 0 amide bonds. The van der Waals surface area contributed by atoms with Gasteiger partial charge in [-0.2, -0.15) is 0 Å². The number of halogens is 1. The van der Waals surface area contributed by atoms with Crippen LogP contribution in [0.25, 0.3) is 15.9 Å². The first-order valence-corrected chi connectivity index (χ1v) is 6.66. The predicted molar refractivity (Wildman–Crippen MR) is 60.3 cm³/mol. The second-order valence-electron chi connectivity index (χ2n) is 3.12. The van der Waals surface area contributed by atoms with E-state index in [9.17, 15) is 13.9 Å². The number of rotatable bonds is 0. The Morgan fingerprint density at radius 3 is 2.71 bits per heavy atom. The molecule has 1 heterocycles. The molecule has 0 saturated carbocycles. The summed E-state index contributed by atoms with van der Waals surface area (Å²) in [7, 11) is 1.34. The van der Waals surface area contributed by atoms with Gasteiger partial charge in [-0.15, -0.1) is 0 Å². The molecule has 2 rings (SSSR count). The molecule has 8 heteroatoms. The maximum absolute atomic E-state index is 11.5. The Kier molecular flexibility index (Phi) is 2.71. The fourth-order valence-corrected chi connectivity index (χ4v) is 2.72. The van der Waals surface area contributed by atoms with Crippen LogP contribution in [0.4, 0.5) is 5.69 Å². The van der Waals surface area contributed by atoms with Gasteiger partial charge in [0.25, 0.3) is 0 Å². The van der Waals surface area contributed by atoms with Crippen LogP contribution >= 0.6 is 10.7 Å². The summed E-state index contributed by atoms with van der Waals surface area (Å²) in [5.41, 5.74) is -0.589. The molecule has 1 atom stereocenters. The van der Waals surface area contributed by atoms with Crippen LogP contribution in [0.5, 0.6) is 5.95 Å². The lowest BCUT2D eigenvalue weighted by molar-refractivity contribution is -0.292. The first-order valence-electron chi connectivity index (χ1n) is 4.32. The molecule has 0 spiro atoms. The van der Waals surface area contributed by atoms with Gasteiger partial charge in [0.2, 0.25) is 5.39 Å². The van der Waals surface area contributed by atoms with Gasteiger partial charge in [-0.25, -0.2) is 4.21 Å². The molecule has 0 aliphatic rings. The highest BCUT2D eigenvalue weighted by molar-refractivity contribution is 8.12. The van der Waals surface area contributed by atoms with E-state index in [-0.39, 0.29) is 11.0 Å². The molecular formula is C9H5ClN2O4S. The summed E-state index contributed by atoms with van der Waals surface area (Å²) in [6, 6.07) is 6.01. The fraction of sp³-hybridized carbons (Fsp3) is 0. The van der Waals surface area contributed by atoms with Crippen molar-refractivity contribution in [2.75, 3.05) is 0 Å². The summed E-state index contributed by atoms with van der Waals surface area (Å²) in [5.74, 6) is -1.04. The van der Waals surface area contributed by atoms with Crippen molar-refractivity contribution in [3.05, 3.63) is 33.8 Å². The second kappa shape index (κ2) is 3.92. The first kappa shape index (κ1) is 11.7. The Balaban J connectivity index is 3.31. The molecule has 0 saturated heterocycles. The van der Waals surface area contributed by atoms with Gasteiger partial charge in [-0.3, -0.25) is 0 Å². The van der Waals surface area contributed by atoms with Crippen LogP contribution in [0.1, 0.15) is 0 Å². The lowest BCUT2D eigenvalue weighted by atomic mass is 10.2. The normalized spacial score (nSPS) is 14.2. The Bertz CT molecular complexity index is 791. The van der Waals surface area contributed by atoms with Crippen molar-refractivity contribution in [2.45, 2.75) is 0 Å². The lowest BCUT2D eigenvalue weighted by Crippen LogP contribution is -1.95. The summed E-state index contributed by atoms with van der Waals surface area (Å²) < 4.78 is 25.2. The van der Waals surface area contributed by atoms with Crippen molar-refractivity contribution in [1.29, 1.82) is 5.39 Å². The van der Waals surface area contributed by atoms with Crippen molar-refractivity contribution in [3.8, 4) is 5.95 Å². The lowest BCUT2D eigenvalue weighted by Gasteiger charge is -2.05. The highest BCUT2D eigenvalue weighted by Crippen LogP contribution is 2.33. The second-order valence-corrected chi connectivity index (χ2v) is 5.70. The van der Waals surface area contributed by atoms with E-state index < -0.39 is 25.2 Å². The zero-order valence-corrected chi connectivity index (χ0v) is 9.73. The number of hydrogen-bond donors (Lipinski definition) is 1. The third kappa shape index (κ3) is 1.93. The molecule has 1 N–H and O–H groups in total. The van der Waals surface area contributed by atoms with Crippen LogP contribution in [-0.4, -0.2) is 8.76 Å². The third-order valence-electron chi connectivity index (χ3n) is 2.09. The zero-order valence-electron chi connectivity index (χ0n) is 8.16. The molecule has 0 bridgehead atoms. The SMILES string of the molecule is N#[N+]c1c([O-])oc2ccccc2c1=S(=O)(O)Cl. The molecule has 2 aromatic rings. The van der Waals surface area contributed by atoms with E-state index in [2.05, 4.69) is 4.98 Å². The first-order chi connectivity index (χ1) is 7.95. The van der Waals surface area contributed by atoms with Crippen LogP contribution in [0.15, 0.2) is 28.7 Å². The molecule has 1 aromatic heterocycles. The monoisotopic (exact) mass is 272 g/mol. The third-order valence-corrected chi connectivity index (χ3v) is 3.47. The maximum atomic E-state index is 11.5. The van der Waals surface area contributed by atoms with Gasteiger partial charge in [0.1, 0.15) is 0 Å². The molecule has 17 heavy (non-hydrogen) atoms. The van der Waals surface area contributed by atoms with Crippen LogP contribution < -0.4 is 5.11 Å². The van der Waals surface area contributed by atoms with Gasteiger partial charge in [0.15, 0.2) is 24.4 Å². The van der Waals surface area contributed by atoms with Gasteiger partial charge in [-0.05, 0) is 6.07 Å². The Morgan fingerprint density at radius 2 is 2.12 bits per heavy atom. The van der Waals surface area contributed by atoms with Crippen molar-refractivity contribution in [2.24, 2.45) is 0 Å². The van der Waals surface area contributed by atoms with Crippen molar-refractivity contribution < 1.29 is 18.3 Å². The summed E-state index contributed by atoms with van der Waals surface area (Å²) in [5, 5.41) is 20.2. The largest absolute Gasteiger partial charge is 0.573 e. The van der Waals surface area contributed by atoms with Gasteiger partial charge in [0.05, 0.1) is 0 Å². The van der Waals surface area contributed by atoms with E-state index in [0.29, 0.717) is 0 Å². The van der Waals surface area contributed by atoms with Crippen LogP contribution in [-0.2, 0) is 9.02 Å². The van der Waals surface area contributed by atoms with E-state index >= 15 is 0 Å². The van der Waals surface area contributed by atoms with Gasteiger partial charge < -0.3 is 14.1 Å². The Labute approximate surface area is 100 Å². The molecule has 1 aromatic carbocycles. The number of fused-ring (bicyclic) bond motifs is 1. The van der Waals surface area contributed by atoms with Gasteiger partial charge in [0, 0.05) is 21.7 Å². The maximum Gasteiger partial charge on any atom is 0.426 e. The standard InChI is InChI=1S/C9H5ClN2O4S/c10-17(14,15)8-5-3-1-2-4-6(5)16-9(13)7(8)12-11/h1-4,11H. The summed E-state index contributed by atoms with van der Waals surface area (Å²) in [4.78, 5) is 2.66. The molecule has 0 fully saturated rings. The molecule has 88 valence electrons. The van der Waals surface area contributed by atoms with E-state index in [4.69, 9.17) is 20.5 Å². The van der Waals surface area contributed by atoms with Crippen molar-refractivity contribution in [3.63, 3.8) is 0 Å². The Morgan fingerprint density at radius 1 is 1.47 bits per heavy atom. The highest BCUT2D eigenvalue weighted by Gasteiger charge is 2.20. The van der Waals surface area contributed by atoms with E-state index in [0.717, 1.165) is 0 Å². The zero-order chi connectivity index (χ0) is 12.6.